The molecule has 2 unspecified atom stereocenters. The van der Waals surface area contributed by atoms with Crippen molar-refractivity contribution in [2.45, 2.75) is 46.1 Å². The number of carbonyl (C=O) groups excluding carboxylic acids is 1. The van der Waals surface area contributed by atoms with Crippen molar-refractivity contribution in [3.05, 3.63) is 58.1 Å². The van der Waals surface area contributed by atoms with Gasteiger partial charge in [0.15, 0.2) is 0 Å². The SMILES string of the molecule is CC.CCCC[NH+](C)NC(=O)C1=NN(c2ccc(Cl)cc2Cl)C(c2ccc(OC)cc2)C1. The number of benzene rings is 2. The number of nitrogens with one attached hydrogen (secondary N) is 2. The van der Waals surface area contributed by atoms with Crippen molar-refractivity contribution in [1.29, 1.82) is 0 Å². The molecule has 32 heavy (non-hydrogen) atoms. The second-order valence-corrected chi connectivity index (χ2v) is 8.16. The van der Waals surface area contributed by atoms with Crippen LogP contribution < -0.4 is 20.2 Å². The fraction of sp³-hybridized carbons (Fsp3) is 0.417. The van der Waals surface area contributed by atoms with E-state index in [9.17, 15) is 4.79 Å². The van der Waals surface area contributed by atoms with Gasteiger partial charge in [-0.05, 0) is 42.3 Å². The van der Waals surface area contributed by atoms with Crippen molar-refractivity contribution in [1.82, 2.24) is 5.43 Å². The molecule has 0 spiro atoms. The van der Waals surface area contributed by atoms with Crippen LogP contribution in [0.3, 0.4) is 0 Å². The van der Waals surface area contributed by atoms with Crippen LogP contribution in [0.15, 0.2) is 47.6 Å². The van der Waals surface area contributed by atoms with Gasteiger partial charge in [0, 0.05) is 11.4 Å². The van der Waals surface area contributed by atoms with E-state index in [1.165, 1.54) is 0 Å². The third-order valence-electron chi connectivity index (χ3n) is 5.06. The normalized spacial score (nSPS) is 16.0. The van der Waals surface area contributed by atoms with E-state index in [0.717, 1.165) is 35.7 Å². The van der Waals surface area contributed by atoms with Crippen molar-refractivity contribution < 1.29 is 14.5 Å². The van der Waals surface area contributed by atoms with E-state index < -0.39 is 0 Å². The largest absolute Gasteiger partial charge is 0.497 e. The van der Waals surface area contributed by atoms with Gasteiger partial charge < -0.3 is 4.74 Å². The zero-order chi connectivity index (χ0) is 23.7. The van der Waals surface area contributed by atoms with Crippen LogP contribution >= 0.6 is 23.2 Å². The highest BCUT2D eigenvalue weighted by atomic mass is 35.5. The summed E-state index contributed by atoms with van der Waals surface area (Å²) in [6, 6.07) is 12.9. The zero-order valence-corrected chi connectivity index (χ0v) is 20.9. The Hall–Kier alpha value is -2.28. The molecular formula is C24H33Cl2N4O2+. The maximum atomic E-state index is 12.8. The standard InChI is InChI=1S/C22H26Cl2N4O2.C2H6/c1-4-5-12-27(2)26-22(29)19-14-21(15-6-9-17(30-3)10-7-15)28(25-19)20-11-8-16(23)13-18(20)24;1-2/h6-11,13,21H,4-5,12,14H2,1-3H3,(H,26,29);1-2H3/p+1. The maximum Gasteiger partial charge on any atom is 0.312 e. The predicted octanol–water partition coefficient (Wildman–Crippen LogP) is 4.68. The molecule has 6 nitrogen and oxygen atoms in total. The van der Waals surface area contributed by atoms with Crippen molar-refractivity contribution >= 4 is 40.5 Å². The summed E-state index contributed by atoms with van der Waals surface area (Å²) in [7, 11) is 3.57. The van der Waals surface area contributed by atoms with Gasteiger partial charge >= 0.3 is 5.91 Å². The number of carbonyl (C=O) groups is 1. The van der Waals surface area contributed by atoms with Crippen LogP contribution in [0.5, 0.6) is 5.75 Å². The van der Waals surface area contributed by atoms with Crippen LogP contribution in [0.1, 0.15) is 51.6 Å². The van der Waals surface area contributed by atoms with Crippen molar-refractivity contribution in [2.24, 2.45) is 5.10 Å². The summed E-state index contributed by atoms with van der Waals surface area (Å²) in [4.78, 5) is 12.8. The molecular weight excluding hydrogens is 447 g/mol. The highest BCUT2D eigenvalue weighted by Crippen LogP contribution is 2.39. The second kappa shape index (κ2) is 12.7. The van der Waals surface area contributed by atoms with Gasteiger partial charge in [-0.2, -0.15) is 10.5 Å². The number of halogens is 2. The van der Waals surface area contributed by atoms with Crippen LogP contribution in [0.4, 0.5) is 5.69 Å². The molecule has 0 saturated heterocycles. The lowest BCUT2D eigenvalue weighted by Gasteiger charge is -2.25. The van der Waals surface area contributed by atoms with Crippen molar-refractivity contribution in [3.63, 3.8) is 0 Å². The van der Waals surface area contributed by atoms with Crippen LogP contribution in [-0.4, -0.2) is 32.3 Å². The smallest absolute Gasteiger partial charge is 0.312 e. The highest BCUT2D eigenvalue weighted by Gasteiger charge is 2.34. The minimum Gasteiger partial charge on any atom is -0.497 e. The molecule has 0 bridgehead atoms. The minimum atomic E-state index is -0.172. The lowest BCUT2D eigenvalue weighted by atomic mass is 10.0. The summed E-state index contributed by atoms with van der Waals surface area (Å²) in [5, 5.41) is 8.43. The minimum absolute atomic E-state index is 0.161. The molecule has 0 radical (unpaired) electrons. The molecule has 3 rings (SSSR count). The molecule has 174 valence electrons. The van der Waals surface area contributed by atoms with Gasteiger partial charge in [0.2, 0.25) is 0 Å². The van der Waals surface area contributed by atoms with E-state index >= 15 is 0 Å². The average molecular weight is 480 g/mol. The van der Waals surface area contributed by atoms with E-state index in [0.29, 0.717) is 27.9 Å². The summed E-state index contributed by atoms with van der Waals surface area (Å²) >= 11 is 12.5. The van der Waals surface area contributed by atoms with E-state index in [2.05, 4.69) is 17.5 Å². The quantitative estimate of drug-likeness (QED) is 0.540. The topological polar surface area (TPSA) is 58.4 Å². The molecule has 1 aliphatic heterocycles. The van der Waals surface area contributed by atoms with E-state index in [1.54, 1.807) is 24.3 Å². The Labute approximate surface area is 201 Å². The number of unbranched alkanes of at least 4 members (excludes halogenated alkanes) is 1. The Kier molecular flexibility index (Phi) is 10.3. The summed E-state index contributed by atoms with van der Waals surface area (Å²) in [5.74, 6) is 0.600. The van der Waals surface area contributed by atoms with Gasteiger partial charge in [-0.15, -0.1) is 0 Å². The monoisotopic (exact) mass is 479 g/mol. The first-order valence-electron chi connectivity index (χ1n) is 11.0. The fourth-order valence-corrected chi connectivity index (χ4v) is 3.89. The summed E-state index contributed by atoms with van der Waals surface area (Å²) in [6.07, 6.45) is 2.59. The Morgan fingerprint density at radius 2 is 1.91 bits per heavy atom. The summed E-state index contributed by atoms with van der Waals surface area (Å²) in [6.45, 7) is 6.99. The lowest BCUT2D eigenvalue weighted by Crippen LogP contribution is -3.16. The number of rotatable bonds is 8. The fourth-order valence-electron chi connectivity index (χ4n) is 3.39. The molecule has 2 aromatic carbocycles. The third-order valence-corrected chi connectivity index (χ3v) is 5.60. The van der Waals surface area contributed by atoms with E-state index in [1.807, 2.05) is 51.2 Å². The number of quaternary nitrogens is 1. The number of amides is 1. The molecule has 0 fully saturated rings. The number of ether oxygens (including phenoxy) is 1. The number of nitrogens with zero attached hydrogens (tertiary/aromatic N) is 2. The lowest BCUT2D eigenvalue weighted by molar-refractivity contribution is -0.916. The molecule has 1 amide bonds. The number of hydrogen-bond acceptors (Lipinski definition) is 4. The molecule has 0 saturated carbocycles. The first-order valence-corrected chi connectivity index (χ1v) is 11.8. The first-order chi connectivity index (χ1) is 15.4. The van der Waals surface area contributed by atoms with Crippen LogP contribution in [0, 0.1) is 0 Å². The van der Waals surface area contributed by atoms with Crippen molar-refractivity contribution in [3.8, 4) is 5.75 Å². The Bertz CT molecular complexity index is 919. The van der Waals surface area contributed by atoms with Crippen LogP contribution in [0.25, 0.3) is 0 Å². The third kappa shape index (κ3) is 6.61. The molecule has 2 aromatic rings. The maximum absolute atomic E-state index is 12.8. The van der Waals surface area contributed by atoms with Gasteiger partial charge in [-0.3, -0.25) is 9.80 Å². The first kappa shape index (κ1) is 26.0. The van der Waals surface area contributed by atoms with E-state index in [-0.39, 0.29) is 11.9 Å². The average Bonchev–Trinajstić information content (AvgIpc) is 3.24. The summed E-state index contributed by atoms with van der Waals surface area (Å²) < 4.78 is 5.27. The van der Waals surface area contributed by atoms with Crippen molar-refractivity contribution in [2.75, 3.05) is 25.7 Å². The molecule has 2 N–H and O–H groups in total. The molecule has 1 heterocycles. The highest BCUT2D eigenvalue weighted by molar-refractivity contribution is 6.40. The number of anilines is 1. The number of hydrazone groups is 1. The van der Waals surface area contributed by atoms with Gasteiger partial charge in [-0.25, -0.2) is 5.01 Å². The van der Waals surface area contributed by atoms with Gasteiger partial charge in [0.05, 0.1) is 37.5 Å². The molecule has 1 aliphatic rings. The van der Waals surface area contributed by atoms with Crippen LogP contribution in [0.2, 0.25) is 10.0 Å². The van der Waals surface area contributed by atoms with Gasteiger partial charge in [0.25, 0.3) is 0 Å². The molecule has 8 heteroatoms. The molecule has 0 aromatic heterocycles. The second-order valence-electron chi connectivity index (χ2n) is 7.32. The van der Waals surface area contributed by atoms with E-state index in [4.69, 9.17) is 27.9 Å². The van der Waals surface area contributed by atoms with Gasteiger partial charge in [-0.1, -0.05) is 62.5 Å². The summed E-state index contributed by atoms with van der Waals surface area (Å²) in [5.41, 5.74) is 5.18. The zero-order valence-electron chi connectivity index (χ0n) is 19.4. The predicted molar refractivity (Wildman–Crippen MR) is 133 cm³/mol. The molecule has 0 aliphatic carbocycles. The Morgan fingerprint density at radius 3 is 2.50 bits per heavy atom. The Balaban J connectivity index is 0.00000176. The number of methoxy groups -OCH3 is 1. The number of hydrogen-bond donors (Lipinski definition) is 2. The molecule has 2 atom stereocenters. The Morgan fingerprint density at radius 1 is 1.22 bits per heavy atom. The van der Waals surface area contributed by atoms with Gasteiger partial charge in [0.1, 0.15) is 11.5 Å². The van der Waals surface area contributed by atoms with Crippen LogP contribution in [-0.2, 0) is 4.79 Å².